The van der Waals surface area contributed by atoms with Crippen molar-refractivity contribution in [2.75, 3.05) is 11.9 Å². The molecule has 0 aliphatic rings. The van der Waals surface area contributed by atoms with Crippen molar-refractivity contribution in [1.82, 2.24) is 10.2 Å². The third kappa shape index (κ3) is 3.69. The monoisotopic (exact) mass is 263 g/mol. The van der Waals surface area contributed by atoms with Gasteiger partial charge in [-0.3, -0.25) is 0 Å². The second-order valence-electron chi connectivity index (χ2n) is 4.56. The van der Waals surface area contributed by atoms with E-state index in [-0.39, 0.29) is 12.3 Å². The van der Waals surface area contributed by atoms with Gasteiger partial charge in [-0.05, 0) is 25.5 Å². The van der Waals surface area contributed by atoms with E-state index in [1.165, 1.54) is 5.56 Å². The molecule has 2 rings (SSSR count). The summed E-state index contributed by atoms with van der Waals surface area (Å²) in [7, 11) is 0. The molecule has 0 spiro atoms. The Balaban J connectivity index is 1.89. The Morgan fingerprint density at radius 3 is 2.89 bits per heavy atom. The van der Waals surface area contributed by atoms with Crippen LogP contribution in [0.25, 0.3) is 0 Å². The highest BCUT2D eigenvalue weighted by Crippen LogP contribution is 2.15. The van der Waals surface area contributed by atoms with Gasteiger partial charge in [0.2, 0.25) is 5.89 Å². The fourth-order valence-electron chi connectivity index (χ4n) is 1.86. The number of aromatic nitrogens is 2. The second-order valence-corrected chi connectivity index (χ2v) is 4.56. The van der Waals surface area contributed by atoms with E-state index in [2.05, 4.69) is 21.6 Å². The molecule has 1 atom stereocenters. The zero-order chi connectivity index (χ0) is 13.8. The number of aliphatic hydroxyl groups excluding tert-OH is 1. The van der Waals surface area contributed by atoms with Gasteiger partial charge in [-0.25, -0.2) is 9.89 Å². The fourth-order valence-corrected chi connectivity index (χ4v) is 1.86. The van der Waals surface area contributed by atoms with Crippen LogP contribution in [0.4, 0.5) is 5.69 Å². The predicted octanol–water partition coefficient (Wildman–Crippen LogP) is 0.995. The van der Waals surface area contributed by atoms with Gasteiger partial charge >= 0.3 is 5.76 Å². The van der Waals surface area contributed by atoms with Crippen LogP contribution in [-0.2, 0) is 6.42 Å². The van der Waals surface area contributed by atoms with Crippen molar-refractivity contribution >= 4 is 5.69 Å². The van der Waals surface area contributed by atoms with Crippen LogP contribution in [0.1, 0.15) is 17.0 Å². The summed E-state index contributed by atoms with van der Waals surface area (Å²) in [4.78, 5) is 10.7. The maximum Gasteiger partial charge on any atom is 0.434 e. The lowest BCUT2D eigenvalue weighted by atomic mass is 10.1. The Bertz CT molecular complexity index is 603. The molecule has 0 aliphatic heterocycles. The average Bonchev–Trinajstić information content (AvgIpc) is 2.73. The summed E-state index contributed by atoms with van der Waals surface area (Å²) in [5.41, 5.74) is 3.30. The number of hydrogen-bond acceptors (Lipinski definition) is 5. The summed E-state index contributed by atoms with van der Waals surface area (Å²) in [5, 5.41) is 18.8. The van der Waals surface area contributed by atoms with Crippen molar-refractivity contribution in [1.29, 1.82) is 0 Å². The van der Waals surface area contributed by atoms with Crippen molar-refractivity contribution < 1.29 is 9.52 Å². The Morgan fingerprint density at radius 2 is 2.26 bits per heavy atom. The molecule has 0 bridgehead atoms. The molecular formula is C13H17N3O3. The van der Waals surface area contributed by atoms with Gasteiger partial charge in [0.1, 0.15) is 0 Å². The molecule has 2 aromatic rings. The number of aromatic amines is 1. The number of nitrogens with one attached hydrogen (secondary N) is 2. The zero-order valence-electron chi connectivity index (χ0n) is 10.9. The molecule has 3 N–H and O–H groups in total. The highest BCUT2D eigenvalue weighted by molar-refractivity contribution is 5.51. The summed E-state index contributed by atoms with van der Waals surface area (Å²) in [6.45, 7) is 4.40. The molecule has 0 radical (unpaired) electrons. The molecule has 0 amide bonds. The van der Waals surface area contributed by atoms with E-state index in [1.54, 1.807) is 0 Å². The minimum atomic E-state index is -0.674. The average molecular weight is 263 g/mol. The lowest BCUT2D eigenvalue weighted by Crippen LogP contribution is -2.22. The Labute approximate surface area is 110 Å². The number of hydrogen-bond donors (Lipinski definition) is 3. The Kier molecular flexibility index (Phi) is 4.01. The molecule has 1 heterocycles. The fraction of sp³-hybridized carbons (Fsp3) is 0.385. The molecular weight excluding hydrogens is 246 g/mol. The van der Waals surface area contributed by atoms with Crippen molar-refractivity contribution in [3.8, 4) is 0 Å². The van der Waals surface area contributed by atoms with Crippen LogP contribution in [0, 0.1) is 13.8 Å². The topological polar surface area (TPSA) is 91.1 Å². The molecule has 1 aromatic heterocycles. The number of H-pyrrole nitrogens is 1. The van der Waals surface area contributed by atoms with E-state index in [9.17, 15) is 9.90 Å². The van der Waals surface area contributed by atoms with Crippen LogP contribution < -0.4 is 11.1 Å². The van der Waals surface area contributed by atoms with Crippen LogP contribution in [-0.4, -0.2) is 28.0 Å². The number of aryl methyl sites for hydroxylation is 2. The minimum absolute atomic E-state index is 0.191. The first-order chi connectivity index (χ1) is 9.04. The van der Waals surface area contributed by atoms with Crippen LogP contribution in [0.15, 0.2) is 27.4 Å². The van der Waals surface area contributed by atoms with E-state index >= 15 is 0 Å². The highest BCUT2D eigenvalue weighted by atomic mass is 16.4. The maximum absolute atomic E-state index is 10.7. The molecule has 1 unspecified atom stereocenters. The Morgan fingerprint density at radius 1 is 1.47 bits per heavy atom. The first kappa shape index (κ1) is 13.4. The first-order valence-corrected chi connectivity index (χ1v) is 6.08. The lowest BCUT2D eigenvalue weighted by Gasteiger charge is -2.13. The summed E-state index contributed by atoms with van der Waals surface area (Å²) in [6, 6.07) is 6.06. The molecule has 6 nitrogen and oxygen atoms in total. The summed E-state index contributed by atoms with van der Waals surface area (Å²) >= 11 is 0. The van der Waals surface area contributed by atoms with Crippen molar-refractivity contribution in [2.24, 2.45) is 0 Å². The van der Waals surface area contributed by atoms with Gasteiger partial charge in [-0.15, -0.1) is 5.10 Å². The third-order valence-corrected chi connectivity index (χ3v) is 2.80. The van der Waals surface area contributed by atoms with Gasteiger partial charge in [-0.1, -0.05) is 17.7 Å². The van der Waals surface area contributed by atoms with Gasteiger partial charge in [0.05, 0.1) is 12.5 Å². The SMILES string of the molecule is Cc1ccc(NCC(O)Cc2n[nH]c(=O)o2)c(C)c1. The molecule has 0 saturated carbocycles. The molecule has 0 fully saturated rings. The van der Waals surface area contributed by atoms with E-state index < -0.39 is 11.9 Å². The number of benzene rings is 1. The van der Waals surface area contributed by atoms with Crippen LogP contribution in [0.2, 0.25) is 0 Å². The second kappa shape index (κ2) is 5.71. The quantitative estimate of drug-likeness (QED) is 0.748. The largest absolute Gasteiger partial charge is 0.434 e. The van der Waals surface area contributed by atoms with Gasteiger partial charge in [0, 0.05) is 12.2 Å². The van der Waals surface area contributed by atoms with Crippen LogP contribution >= 0.6 is 0 Å². The zero-order valence-corrected chi connectivity index (χ0v) is 10.9. The molecule has 19 heavy (non-hydrogen) atoms. The Hall–Kier alpha value is -2.08. The predicted molar refractivity (Wildman–Crippen MR) is 71.2 cm³/mol. The smallest absolute Gasteiger partial charge is 0.392 e. The molecule has 6 heteroatoms. The summed E-state index contributed by atoms with van der Waals surface area (Å²) in [5.74, 6) is -0.399. The first-order valence-electron chi connectivity index (χ1n) is 6.08. The number of anilines is 1. The van der Waals surface area contributed by atoms with Crippen molar-refractivity contribution in [2.45, 2.75) is 26.4 Å². The van der Waals surface area contributed by atoms with Gasteiger partial charge < -0.3 is 14.8 Å². The summed E-state index contributed by atoms with van der Waals surface area (Å²) < 4.78 is 4.74. The molecule has 0 aliphatic carbocycles. The minimum Gasteiger partial charge on any atom is -0.392 e. The third-order valence-electron chi connectivity index (χ3n) is 2.80. The van der Waals surface area contributed by atoms with E-state index in [0.717, 1.165) is 11.3 Å². The number of rotatable bonds is 5. The lowest BCUT2D eigenvalue weighted by molar-refractivity contribution is 0.177. The van der Waals surface area contributed by atoms with E-state index in [0.29, 0.717) is 6.54 Å². The molecule has 0 saturated heterocycles. The van der Waals surface area contributed by atoms with Gasteiger partial charge in [-0.2, -0.15) is 0 Å². The number of aliphatic hydroxyl groups is 1. The standard InChI is InChI=1S/C13H17N3O3/c1-8-3-4-11(9(2)5-8)14-7-10(17)6-12-15-16-13(18)19-12/h3-5,10,14,17H,6-7H2,1-2H3,(H,16,18). The summed E-state index contributed by atoms with van der Waals surface area (Å²) in [6.07, 6.45) is -0.483. The number of nitrogens with zero attached hydrogens (tertiary/aromatic N) is 1. The van der Waals surface area contributed by atoms with Crippen LogP contribution in [0.5, 0.6) is 0 Å². The van der Waals surface area contributed by atoms with Crippen LogP contribution in [0.3, 0.4) is 0 Å². The van der Waals surface area contributed by atoms with Crippen molar-refractivity contribution in [3.05, 3.63) is 45.8 Å². The van der Waals surface area contributed by atoms with E-state index in [4.69, 9.17) is 4.42 Å². The van der Waals surface area contributed by atoms with Gasteiger partial charge in [0.15, 0.2) is 0 Å². The molecule has 1 aromatic carbocycles. The van der Waals surface area contributed by atoms with E-state index in [1.807, 2.05) is 26.0 Å². The maximum atomic E-state index is 10.7. The normalized spacial score (nSPS) is 12.4. The van der Waals surface area contributed by atoms with Gasteiger partial charge in [0.25, 0.3) is 0 Å². The highest BCUT2D eigenvalue weighted by Gasteiger charge is 2.10. The molecule has 102 valence electrons. The van der Waals surface area contributed by atoms with Crippen molar-refractivity contribution in [3.63, 3.8) is 0 Å².